The smallest absolute Gasteiger partial charge is 0.255 e. The number of carbonyl (C=O) groups is 1. The van der Waals surface area contributed by atoms with E-state index < -0.39 is 10.8 Å². The molecule has 1 N–H and O–H groups in total. The van der Waals surface area contributed by atoms with Gasteiger partial charge in [-0.1, -0.05) is 38.1 Å². The van der Waals surface area contributed by atoms with Crippen molar-refractivity contribution in [3.8, 4) is 0 Å². The summed E-state index contributed by atoms with van der Waals surface area (Å²) in [7, 11) is 0.815. The van der Waals surface area contributed by atoms with Gasteiger partial charge in [-0.05, 0) is 60.6 Å². The van der Waals surface area contributed by atoms with Crippen LogP contribution in [0.1, 0.15) is 78.6 Å². The van der Waals surface area contributed by atoms with Crippen molar-refractivity contribution in [2.45, 2.75) is 62.8 Å². The van der Waals surface area contributed by atoms with Crippen LogP contribution in [0.5, 0.6) is 0 Å². The van der Waals surface area contributed by atoms with Gasteiger partial charge in [-0.3, -0.25) is 9.00 Å². The molecule has 2 aromatic carbocycles. The molecule has 0 spiro atoms. The lowest BCUT2D eigenvalue weighted by Gasteiger charge is -2.21. The normalized spacial score (nSPS) is 18.3. The Hall–Kier alpha value is -3.33. The molecule has 1 fully saturated rings. The zero-order valence-corrected chi connectivity index (χ0v) is 23.1. The number of aromatic nitrogens is 2. The second kappa shape index (κ2) is 9.52. The van der Waals surface area contributed by atoms with E-state index in [1.807, 2.05) is 48.5 Å². The highest BCUT2D eigenvalue weighted by Gasteiger charge is 2.32. The number of nitrogens with zero attached hydrogens (tertiary/aromatic N) is 5. The van der Waals surface area contributed by atoms with Gasteiger partial charge in [0, 0.05) is 24.8 Å². The van der Waals surface area contributed by atoms with Crippen molar-refractivity contribution < 1.29 is 9.00 Å². The van der Waals surface area contributed by atoms with Gasteiger partial charge in [0.25, 0.3) is 5.91 Å². The maximum Gasteiger partial charge on any atom is 0.255 e. The number of benzene rings is 2. The molecule has 2 atom stereocenters. The molecule has 1 saturated carbocycles. The van der Waals surface area contributed by atoms with Gasteiger partial charge in [-0.25, -0.2) is 9.99 Å². The van der Waals surface area contributed by atoms with Crippen LogP contribution in [0.3, 0.4) is 0 Å². The van der Waals surface area contributed by atoms with Gasteiger partial charge in [0.1, 0.15) is 11.9 Å². The lowest BCUT2D eigenvalue weighted by atomic mass is 9.87. The summed E-state index contributed by atoms with van der Waals surface area (Å²) in [6.07, 6.45) is 5.94. The lowest BCUT2D eigenvalue weighted by Crippen LogP contribution is -2.20. The average Bonchev–Trinajstić information content (AvgIpc) is 3.44. The zero-order valence-electron chi connectivity index (χ0n) is 22.3. The predicted molar refractivity (Wildman–Crippen MR) is 147 cm³/mol. The first-order valence-electron chi connectivity index (χ1n) is 12.6. The summed E-state index contributed by atoms with van der Waals surface area (Å²) in [5, 5.41) is 13.8. The molecule has 8 nitrogen and oxygen atoms in total. The molecule has 0 radical (unpaired) electrons. The summed E-state index contributed by atoms with van der Waals surface area (Å²) in [5.41, 5.74) is 4.93. The average molecular weight is 519 g/mol. The van der Waals surface area contributed by atoms with E-state index in [9.17, 15) is 9.00 Å². The third-order valence-corrected chi connectivity index (χ3v) is 8.12. The molecule has 1 aliphatic carbocycles. The summed E-state index contributed by atoms with van der Waals surface area (Å²) in [6, 6.07) is 11.2. The Balaban J connectivity index is 1.37. The third-order valence-electron chi connectivity index (χ3n) is 7.14. The highest BCUT2D eigenvalue weighted by molar-refractivity contribution is 7.84. The monoisotopic (exact) mass is 518 g/mol. The molecule has 37 heavy (non-hydrogen) atoms. The first-order chi connectivity index (χ1) is 17.5. The van der Waals surface area contributed by atoms with Crippen LogP contribution in [-0.4, -0.2) is 32.5 Å². The van der Waals surface area contributed by atoms with Crippen LogP contribution in [0.25, 0.3) is 0 Å². The van der Waals surface area contributed by atoms with Crippen LogP contribution in [0.2, 0.25) is 0 Å². The molecule has 2 aliphatic rings. The molecule has 0 saturated heterocycles. The minimum absolute atomic E-state index is 0.102. The highest BCUT2D eigenvalue weighted by Crippen LogP contribution is 2.40. The largest absolute Gasteiger partial charge is 0.333 e. The van der Waals surface area contributed by atoms with Crippen molar-refractivity contribution >= 4 is 28.1 Å². The number of hydrogen-bond donors (Lipinski definition) is 1. The fourth-order valence-corrected chi connectivity index (χ4v) is 5.38. The van der Waals surface area contributed by atoms with E-state index in [0.29, 0.717) is 28.6 Å². The fraction of sp³-hybridized carbons (Fsp3) is 0.429. The number of imidazole rings is 1. The van der Waals surface area contributed by atoms with Crippen LogP contribution in [-0.2, 0) is 23.3 Å². The Bertz CT molecular complexity index is 1420. The molecule has 2 unspecified atom stereocenters. The topological polar surface area (TPSA) is 92.0 Å². The Kier molecular flexibility index (Phi) is 6.52. The first kappa shape index (κ1) is 25.3. The molecule has 1 aromatic heterocycles. The number of amides is 1. The summed E-state index contributed by atoms with van der Waals surface area (Å²) in [5.74, 6) is 1.44. The number of aryl methyl sites for hydroxylation is 1. The van der Waals surface area contributed by atoms with Crippen molar-refractivity contribution in [1.29, 1.82) is 0 Å². The maximum absolute atomic E-state index is 13.3. The molecule has 194 valence electrons. The van der Waals surface area contributed by atoms with Crippen LogP contribution in [0.15, 0.2) is 57.8 Å². The summed E-state index contributed by atoms with van der Waals surface area (Å²) >= 11 is 0. The second-order valence-electron chi connectivity index (χ2n) is 11.0. The third kappa shape index (κ3) is 5.09. The molecule has 2 heterocycles. The SMILES string of the molecule is Cc1ccc(C(=O)Nc2cc(C(C)(C)C)ccc2S(C)=O)cc1N1CC(c2cnc(C3CC3)n2C)N=N1. The van der Waals surface area contributed by atoms with E-state index >= 15 is 0 Å². The zero-order chi connectivity index (χ0) is 26.5. The number of rotatable bonds is 6. The van der Waals surface area contributed by atoms with Crippen LogP contribution < -0.4 is 10.3 Å². The van der Waals surface area contributed by atoms with Crippen LogP contribution >= 0.6 is 0 Å². The van der Waals surface area contributed by atoms with Crippen molar-refractivity contribution in [1.82, 2.24) is 9.55 Å². The van der Waals surface area contributed by atoms with E-state index in [2.05, 4.69) is 53.0 Å². The Labute approximate surface area is 220 Å². The predicted octanol–water partition coefficient (Wildman–Crippen LogP) is 5.82. The van der Waals surface area contributed by atoms with Gasteiger partial charge in [0.2, 0.25) is 0 Å². The molecule has 1 amide bonds. The molecule has 3 aromatic rings. The van der Waals surface area contributed by atoms with Crippen molar-refractivity contribution in [2.24, 2.45) is 17.4 Å². The van der Waals surface area contributed by atoms with Gasteiger partial charge in [0.15, 0.2) is 0 Å². The fourth-order valence-electron chi connectivity index (χ4n) is 4.70. The highest BCUT2D eigenvalue weighted by atomic mass is 32.2. The molecular weight excluding hydrogens is 484 g/mol. The lowest BCUT2D eigenvalue weighted by molar-refractivity contribution is 0.102. The summed E-state index contributed by atoms with van der Waals surface area (Å²) < 4.78 is 14.5. The molecule has 9 heteroatoms. The number of carbonyl (C=O) groups excluding carboxylic acids is 1. The van der Waals surface area contributed by atoms with Crippen molar-refractivity contribution in [2.75, 3.05) is 23.1 Å². The summed E-state index contributed by atoms with van der Waals surface area (Å²) in [4.78, 5) is 18.6. The maximum atomic E-state index is 13.3. The number of nitrogens with one attached hydrogen (secondary N) is 1. The standard InChI is InChI=1S/C28H34N6O2S/c1-17-7-8-19(27(35)30-21-14-20(28(2,3)4)11-12-25(21)37(6)36)13-23(17)34-16-22(31-32-34)24-15-29-26(33(24)5)18-9-10-18/h7-8,11-15,18,22H,9-10,16H2,1-6H3,(H,30,35). The van der Waals surface area contributed by atoms with E-state index in [1.165, 1.54) is 12.8 Å². The van der Waals surface area contributed by atoms with Gasteiger partial charge in [0.05, 0.1) is 45.5 Å². The van der Waals surface area contributed by atoms with Gasteiger partial charge >= 0.3 is 0 Å². The van der Waals surface area contributed by atoms with Gasteiger partial charge in [-0.15, -0.1) is 0 Å². The van der Waals surface area contributed by atoms with Crippen molar-refractivity contribution in [3.05, 3.63) is 70.8 Å². The van der Waals surface area contributed by atoms with Crippen LogP contribution in [0.4, 0.5) is 11.4 Å². The quantitative estimate of drug-likeness (QED) is 0.445. The second-order valence-corrected chi connectivity index (χ2v) is 12.4. The first-order valence-corrected chi connectivity index (χ1v) is 14.2. The van der Waals surface area contributed by atoms with E-state index in [4.69, 9.17) is 0 Å². The minimum Gasteiger partial charge on any atom is -0.333 e. The molecular formula is C28H34N6O2S. The van der Waals surface area contributed by atoms with E-state index in [1.54, 1.807) is 12.3 Å². The minimum atomic E-state index is -1.24. The van der Waals surface area contributed by atoms with E-state index in [-0.39, 0.29) is 17.4 Å². The Morgan fingerprint density at radius 2 is 1.89 bits per heavy atom. The molecule has 0 bridgehead atoms. The Morgan fingerprint density at radius 3 is 2.57 bits per heavy atom. The van der Waals surface area contributed by atoms with Gasteiger partial charge < -0.3 is 9.88 Å². The Morgan fingerprint density at radius 1 is 1.14 bits per heavy atom. The number of anilines is 2. The molecule has 5 rings (SSSR count). The van der Waals surface area contributed by atoms with Gasteiger partial charge in [-0.2, -0.15) is 5.11 Å². The van der Waals surface area contributed by atoms with E-state index in [0.717, 1.165) is 28.3 Å². The molecule has 1 aliphatic heterocycles. The van der Waals surface area contributed by atoms with Crippen molar-refractivity contribution in [3.63, 3.8) is 0 Å². The number of hydrogen-bond acceptors (Lipinski definition) is 6. The van der Waals surface area contributed by atoms with Crippen LogP contribution in [0, 0.1) is 6.92 Å². The summed E-state index contributed by atoms with van der Waals surface area (Å²) in [6.45, 7) is 8.92.